The van der Waals surface area contributed by atoms with Crippen LogP contribution in [0.1, 0.15) is 26.3 Å². The van der Waals surface area contributed by atoms with E-state index in [1.165, 1.54) is 0 Å². The number of hydrogen-bond donors (Lipinski definition) is 1. The highest BCUT2D eigenvalue weighted by Crippen LogP contribution is 2.53. The number of rotatable bonds is 7. The van der Waals surface area contributed by atoms with Gasteiger partial charge in [-0.15, -0.1) is 0 Å². The predicted octanol–water partition coefficient (Wildman–Crippen LogP) is 6.59. The Balaban J connectivity index is 2.00. The second kappa shape index (κ2) is 10.8. The molecule has 0 saturated carbocycles. The molecule has 1 amide bonds. The van der Waals surface area contributed by atoms with Crippen molar-refractivity contribution < 1.29 is 50.5 Å². The molecular weight excluding hydrogens is 580 g/mol. The van der Waals surface area contributed by atoms with Gasteiger partial charge < -0.3 is 10.1 Å². The minimum absolute atomic E-state index is 0.235. The second-order valence-electron chi connectivity index (χ2n) is 7.83. The van der Waals surface area contributed by atoms with Crippen LogP contribution in [0.2, 0.25) is 5.02 Å². The Hall–Kier alpha value is -4.73. The van der Waals surface area contributed by atoms with Crippen LogP contribution in [0, 0.1) is 20.2 Å². The molecule has 3 aromatic carbocycles. The number of ether oxygens (including phenoxy) is 1. The number of alkyl halides is 6. The molecule has 10 nitrogen and oxygen atoms in total. The molecule has 1 N–H and O–H groups in total. The number of amides is 1. The molecule has 0 aliphatic rings. The molecule has 0 atom stereocenters. The lowest BCUT2D eigenvalue weighted by Gasteiger charge is -2.36. The lowest BCUT2D eigenvalue weighted by Crippen LogP contribution is -2.56. The first-order chi connectivity index (χ1) is 18.5. The van der Waals surface area contributed by atoms with Crippen LogP contribution in [-0.4, -0.2) is 34.1 Å². The Morgan fingerprint density at radius 1 is 0.800 bits per heavy atom. The van der Waals surface area contributed by atoms with Crippen molar-refractivity contribution >= 4 is 40.5 Å². The smallest absolute Gasteiger partial charge is 0.431 e. The number of nitrogens with one attached hydrogen (secondary N) is 1. The molecule has 0 unspecified atom stereocenters. The van der Waals surface area contributed by atoms with E-state index in [4.69, 9.17) is 11.6 Å². The number of non-ortho nitro benzene ring substituents is 2. The summed E-state index contributed by atoms with van der Waals surface area (Å²) in [4.78, 5) is 44.9. The third-order valence-corrected chi connectivity index (χ3v) is 5.62. The van der Waals surface area contributed by atoms with Crippen molar-refractivity contribution in [1.29, 1.82) is 0 Å². The summed E-state index contributed by atoms with van der Waals surface area (Å²) < 4.78 is 88.5. The summed E-state index contributed by atoms with van der Waals surface area (Å²) in [6.45, 7) is 0. The van der Waals surface area contributed by atoms with E-state index in [0.717, 1.165) is 36.4 Å². The Bertz CT molecular complexity index is 1480. The van der Waals surface area contributed by atoms with Crippen molar-refractivity contribution in [2.45, 2.75) is 18.0 Å². The van der Waals surface area contributed by atoms with Crippen LogP contribution in [0.3, 0.4) is 0 Å². The third-order valence-electron chi connectivity index (χ3n) is 5.29. The maximum Gasteiger partial charge on any atom is 0.442 e. The normalized spacial score (nSPS) is 12.0. The monoisotopic (exact) mass is 591 g/mol. The standard InChI is InChI=1S/C23H12ClF6N3O7/c24-18-9-8-16(33(38)39)11-17(18)19(34)31-14-6-4-13(5-7-14)21(22(25,26)27,23(28,29)30)40-20(35)12-2-1-3-15(10-12)32(36)37/h1-11H,(H,31,34). The molecule has 0 saturated heterocycles. The van der Waals surface area contributed by atoms with Gasteiger partial charge in [-0.25, -0.2) is 4.79 Å². The fourth-order valence-electron chi connectivity index (χ4n) is 3.39. The molecule has 0 radical (unpaired) electrons. The number of nitrogens with zero attached hydrogens (tertiary/aromatic N) is 2. The second-order valence-corrected chi connectivity index (χ2v) is 8.23. The van der Waals surface area contributed by atoms with Gasteiger partial charge in [0.15, 0.2) is 0 Å². The number of benzene rings is 3. The maximum absolute atomic E-state index is 14.1. The van der Waals surface area contributed by atoms with Gasteiger partial charge in [0, 0.05) is 35.5 Å². The van der Waals surface area contributed by atoms with Crippen molar-refractivity contribution in [2.75, 3.05) is 5.32 Å². The molecule has 0 spiro atoms. The van der Waals surface area contributed by atoms with Crippen molar-refractivity contribution in [3.63, 3.8) is 0 Å². The van der Waals surface area contributed by atoms with E-state index < -0.39 is 67.7 Å². The lowest BCUT2D eigenvalue weighted by atomic mass is 9.91. The third kappa shape index (κ3) is 5.80. The van der Waals surface area contributed by atoms with Crippen LogP contribution in [-0.2, 0) is 10.3 Å². The van der Waals surface area contributed by atoms with Crippen LogP contribution in [0.4, 0.5) is 43.4 Å². The highest BCUT2D eigenvalue weighted by atomic mass is 35.5. The van der Waals surface area contributed by atoms with E-state index in [1.54, 1.807) is 0 Å². The molecule has 3 aromatic rings. The average Bonchev–Trinajstić information content (AvgIpc) is 2.86. The van der Waals surface area contributed by atoms with Crippen molar-refractivity contribution in [3.05, 3.63) is 109 Å². The average molecular weight is 592 g/mol. The molecular formula is C23H12ClF6N3O7. The van der Waals surface area contributed by atoms with E-state index in [2.05, 4.69) is 10.1 Å². The van der Waals surface area contributed by atoms with Gasteiger partial charge >= 0.3 is 23.9 Å². The number of carbonyl (C=O) groups is 2. The van der Waals surface area contributed by atoms with E-state index in [-0.39, 0.29) is 22.8 Å². The molecule has 0 fully saturated rings. The molecule has 3 rings (SSSR count). The van der Waals surface area contributed by atoms with Gasteiger partial charge in [-0.1, -0.05) is 29.8 Å². The van der Waals surface area contributed by atoms with Gasteiger partial charge in [0.05, 0.1) is 26.0 Å². The Morgan fingerprint density at radius 3 is 1.88 bits per heavy atom. The number of esters is 1. The van der Waals surface area contributed by atoms with E-state index in [0.29, 0.717) is 18.2 Å². The Morgan fingerprint density at radius 2 is 1.35 bits per heavy atom. The number of nitro groups is 2. The summed E-state index contributed by atoms with van der Waals surface area (Å²) in [5.41, 5.74) is -9.85. The highest BCUT2D eigenvalue weighted by Gasteiger charge is 2.75. The summed E-state index contributed by atoms with van der Waals surface area (Å²) >= 11 is 5.85. The molecule has 0 aliphatic carbocycles. The van der Waals surface area contributed by atoms with Crippen molar-refractivity contribution in [2.24, 2.45) is 0 Å². The number of halogens is 7. The lowest BCUT2D eigenvalue weighted by molar-refractivity contribution is -0.385. The van der Waals surface area contributed by atoms with Crippen molar-refractivity contribution in [1.82, 2.24) is 0 Å². The minimum Gasteiger partial charge on any atom is -0.431 e. The van der Waals surface area contributed by atoms with Gasteiger partial charge in [-0.3, -0.25) is 25.0 Å². The zero-order valence-corrected chi connectivity index (χ0v) is 20.0. The van der Waals surface area contributed by atoms with Gasteiger partial charge in [0.1, 0.15) is 0 Å². The van der Waals surface area contributed by atoms with Crippen LogP contribution in [0.5, 0.6) is 0 Å². The Labute approximate surface area is 223 Å². The van der Waals surface area contributed by atoms with Gasteiger partial charge in [-0.2, -0.15) is 26.3 Å². The maximum atomic E-state index is 14.1. The summed E-state index contributed by atoms with van der Waals surface area (Å²) in [6.07, 6.45) is -12.5. The quantitative estimate of drug-likeness (QED) is 0.141. The number of anilines is 1. The molecule has 0 bridgehead atoms. The van der Waals surface area contributed by atoms with Gasteiger partial charge in [-0.05, 0) is 24.3 Å². The van der Waals surface area contributed by atoms with Gasteiger partial charge in [0.2, 0.25) is 0 Å². The van der Waals surface area contributed by atoms with E-state index in [1.807, 2.05) is 0 Å². The van der Waals surface area contributed by atoms with Crippen LogP contribution >= 0.6 is 11.6 Å². The fraction of sp³-hybridized carbons (Fsp3) is 0.130. The summed E-state index contributed by atoms with van der Waals surface area (Å²) in [5, 5.41) is 23.7. The van der Waals surface area contributed by atoms with E-state index in [9.17, 15) is 56.2 Å². The summed E-state index contributed by atoms with van der Waals surface area (Å²) in [5.74, 6) is -3.23. The SMILES string of the molecule is O=C(OC(c1ccc(NC(=O)c2cc([N+](=O)[O-])ccc2Cl)cc1)(C(F)(F)F)C(F)(F)F)c1cccc([N+](=O)[O-])c1. The molecule has 40 heavy (non-hydrogen) atoms. The van der Waals surface area contributed by atoms with Crippen LogP contribution in [0.25, 0.3) is 0 Å². The van der Waals surface area contributed by atoms with Crippen LogP contribution < -0.4 is 5.32 Å². The van der Waals surface area contributed by atoms with Crippen LogP contribution in [0.15, 0.2) is 66.7 Å². The van der Waals surface area contributed by atoms with Gasteiger partial charge in [0.25, 0.3) is 17.3 Å². The highest BCUT2D eigenvalue weighted by molar-refractivity contribution is 6.34. The number of hydrogen-bond acceptors (Lipinski definition) is 7. The number of carbonyl (C=O) groups excluding carboxylic acids is 2. The zero-order valence-electron chi connectivity index (χ0n) is 19.2. The first-order valence-electron chi connectivity index (χ1n) is 10.4. The molecule has 0 aromatic heterocycles. The molecule has 210 valence electrons. The largest absolute Gasteiger partial charge is 0.442 e. The summed E-state index contributed by atoms with van der Waals surface area (Å²) in [7, 11) is 0. The zero-order chi connectivity index (χ0) is 30.0. The first-order valence-corrected chi connectivity index (χ1v) is 10.8. The first kappa shape index (κ1) is 29.8. The Kier molecular flexibility index (Phi) is 8.05. The molecule has 17 heteroatoms. The van der Waals surface area contributed by atoms with Crippen molar-refractivity contribution in [3.8, 4) is 0 Å². The minimum atomic E-state index is -6.27. The molecule has 0 heterocycles. The topological polar surface area (TPSA) is 142 Å². The fourth-order valence-corrected chi connectivity index (χ4v) is 3.60. The predicted molar refractivity (Wildman–Crippen MR) is 125 cm³/mol. The van der Waals surface area contributed by atoms with E-state index >= 15 is 0 Å². The summed E-state index contributed by atoms with van der Waals surface area (Å²) in [6, 6.07) is 7.55. The number of nitro benzene ring substituents is 2. The molecule has 0 aliphatic heterocycles.